The van der Waals surface area contributed by atoms with Crippen LogP contribution in [0.3, 0.4) is 0 Å². The summed E-state index contributed by atoms with van der Waals surface area (Å²) in [6, 6.07) is 0.00563. The number of carbonyl (C=O) groups is 1. The van der Waals surface area contributed by atoms with Crippen LogP contribution in [0, 0.1) is 0 Å². The van der Waals surface area contributed by atoms with E-state index in [-0.39, 0.29) is 23.4 Å². The molecule has 0 amide bonds. The van der Waals surface area contributed by atoms with Gasteiger partial charge in [-0.05, 0) is 20.3 Å². The molecule has 0 bridgehead atoms. The third kappa shape index (κ3) is 3.62. The highest BCUT2D eigenvalue weighted by molar-refractivity contribution is 7.99. The minimum Gasteiger partial charge on any atom is -0.481 e. The van der Waals surface area contributed by atoms with Crippen LogP contribution in [-0.2, 0) is 4.79 Å². The van der Waals surface area contributed by atoms with E-state index >= 15 is 0 Å². The second-order valence-corrected chi connectivity index (χ2v) is 5.29. The number of aliphatic carboxylic acids is 1. The lowest BCUT2D eigenvalue weighted by Gasteiger charge is -2.13. The van der Waals surface area contributed by atoms with Gasteiger partial charge in [-0.25, -0.2) is 9.89 Å². The second kappa shape index (κ2) is 5.90. The summed E-state index contributed by atoms with van der Waals surface area (Å²) in [6.07, 6.45) is 0.788. The van der Waals surface area contributed by atoms with Crippen molar-refractivity contribution in [1.29, 1.82) is 0 Å². The lowest BCUT2D eigenvalue weighted by Crippen LogP contribution is -2.20. The molecular formula is C10H17N3O3S. The Morgan fingerprint density at radius 1 is 1.59 bits per heavy atom. The van der Waals surface area contributed by atoms with E-state index in [1.54, 1.807) is 0 Å². The van der Waals surface area contributed by atoms with E-state index in [1.807, 2.05) is 20.8 Å². The zero-order valence-corrected chi connectivity index (χ0v) is 11.0. The van der Waals surface area contributed by atoms with Crippen molar-refractivity contribution in [2.75, 3.05) is 0 Å². The fraction of sp³-hybridized carbons (Fsp3) is 0.700. The topological polar surface area (TPSA) is 88.0 Å². The maximum absolute atomic E-state index is 11.5. The average Bonchev–Trinajstić information content (AvgIpc) is 2.58. The Morgan fingerprint density at radius 3 is 2.71 bits per heavy atom. The fourth-order valence-corrected chi connectivity index (χ4v) is 2.64. The molecule has 0 radical (unpaired) electrons. The summed E-state index contributed by atoms with van der Waals surface area (Å²) < 4.78 is 1.54. The molecule has 96 valence electrons. The zero-order chi connectivity index (χ0) is 13.0. The van der Waals surface area contributed by atoms with Crippen molar-refractivity contribution in [1.82, 2.24) is 14.8 Å². The van der Waals surface area contributed by atoms with Gasteiger partial charge in [0.1, 0.15) is 0 Å². The number of nitrogens with zero attached hydrogens (tertiary/aromatic N) is 2. The predicted molar refractivity (Wildman–Crippen MR) is 65.4 cm³/mol. The SMILES string of the molecule is CCC(CC(=O)O)Sc1n[nH]c(=O)n1C(C)C. The first-order valence-electron chi connectivity index (χ1n) is 5.51. The van der Waals surface area contributed by atoms with Crippen LogP contribution in [-0.4, -0.2) is 31.1 Å². The molecule has 0 saturated heterocycles. The average molecular weight is 259 g/mol. The Bertz CT molecular complexity index is 438. The van der Waals surface area contributed by atoms with Crippen LogP contribution >= 0.6 is 11.8 Å². The normalized spacial score (nSPS) is 12.9. The summed E-state index contributed by atoms with van der Waals surface area (Å²) in [5.74, 6) is -0.835. The van der Waals surface area contributed by atoms with E-state index in [0.29, 0.717) is 5.16 Å². The summed E-state index contributed by atoms with van der Waals surface area (Å²) in [5.41, 5.74) is -0.257. The maximum Gasteiger partial charge on any atom is 0.344 e. The van der Waals surface area contributed by atoms with Gasteiger partial charge in [-0.3, -0.25) is 9.36 Å². The number of nitrogens with one attached hydrogen (secondary N) is 1. The summed E-state index contributed by atoms with van der Waals surface area (Å²) in [5, 5.41) is 15.6. The number of H-pyrrole nitrogens is 1. The van der Waals surface area contributed by atoms with Crippen LogP contribution < -0.4 is 5.69 Å². The smallest absolute Gasteiger partial charge is 0.344 e. The number of aromatic amines is 1. The first-order valence-corrected chi connectivity index (χ1v) is 6.39. The van der Waals surface area contributed by atoms with E-state index in [9.17, 15) is 9.59 Å². The highest BCUT2D eigenvalue weighted by Gasteiger charge is 2.18. The molecule has 0 aromatic carbocycles. The van der Waals surface area contributed by atoms with Crippen molar-refractivity contribution >= 4 is 17.7 Å². The number of hydrogen-bond acceptors (Lipinski definition) is 4. The van der Waals surface area contributed by atoms with E-state index in [2.05, 4.69) is 10.2 Å². The molecule has 0 aliphatic heterocycles. The fourth-order valence-electron chi connectivity index (χ4n) is 1.44. The zero-order valence-electron chi connectivity index (χ0n) is 10.1. The van der Waals surface area contributed by atoms with Gasteiger partial charge in [-0.15, -0.1) is 5.10 Å². The van der Waals surface area contributed by atoms with E-state index in [4.69, 9.17) is 5.11 Å². The molecular weight excluding hydrogens is 242 g/mol. The predicted octanol–water partition coefficient (Wildman–Crippen LogP) is 1.50. The summed E-state index contributed by atoms with van der Waals surface area (Å²) in [4.78, 5) is 22.2. The molecule has 0 spiro atoms. The Hall–Kier alpha value is -1.24. The number of rotatable bonds is 6. The van der Waals surface area contributed by atoms with Crippen LogP contribution in [0.1, 0.15) is 39.7 Å². The van der Waals surface area contributed by atoms with Gasteiger partial charge in [-0.1, -0.05) is 18.7 Å². The Labute approximate surface area is 103 Å². The Morgan fingerprint density at radius 2 is 2.24 bits per heavy atom. The Balaban J connectivity index is 2.86. The van der Waals surface area contributed by atoms with Crippen molar-refractivity contribution in [2.45, 2.75) is 50.1 Å². The number of carboxylic acids is 1. The number of thioether (sulfide) groups is 1. The van der Waals surface area contributed by atoms with Crippen LogP contribution in [0.5, 0.6) is 0 Å². The molecule has 0 saturated carbocycles. The molecule has 1 heterocycles. The summed E-state index contributed by atoms with van der Waals surface area (Å²) in [6.45, 7) is 5.70. The van der Waals surface area contributed by atoms with Crippen molar-refractivity contribution in [3.05, 3.63) is 10.5 Å². The van der Waals surface area contributed by atoms with Crippen molar-refractivity contribution in [3.8, 4) is 0 Å². The van der Waals surface area contributed by atoms with E-state index in [0.717, 1.165) is 6.42 Å². The third-order valence-corrected chi connectivity index (χ3v) is 3.65. The van der Waals surface area contributed by atoms with E-state index in [1.165, 1.54) is 16.3 Å². The lowest BCUT2D eigenvalue weighted by atomic mass is 10.2. The van der Waals surface area contributed by atoms with Gasteiger partial charge in [0.05, 0.1) is 6.42 Å². The maximum atomic E-state index is 11.5. The van der Waals surface area contributed by atoms with Gasteiger partial charge >= 0.3 is 11.7 Å². The van der Waals surface area contributed by atoms with Crippen LogP contribution in [0.15, 0.2) is 9.95 Å². The number of aromatic nitrogens is 3. The molecule has 6 nitrogen and oxygen atoms in total. The molecule has 1 rings (SSSR count). The van der Waals surface area contributed by atoms with Crippen LogP contribution in [0.4, 0.5) is 0 Å². The monoisotopic (exact) mass is 259 g/mol. The molecule has 0 aliphatic rings. The minimum atomic E-state index is -0.835. The van der Waals surface area contributed by atoms with E-state index < -0.39 is 5.97 Å². The first-order chi connectivity index (χ1) is 7.95. The van der Waals surface area contributed by atoms with Crippen molar-refractivity contribution in [2.24, 2.45) is 0 Å². The first kappa shape index (κ1) is 13.8. The Kier molecular flexibility index (Phi) is 4.80. The van der Waals surface area contributed by atoms with Crippen molar-refractivity contribution < 1.29 is 9.90 Å². The lowest BCUT2D eigenvalue weighted by molar-refractivity contribution is -0.136. The van der Waals surface area contributed by atoms with Gasteiger partial charge in [0.2, 0.25) is 0 Å². The summed E-state index contributed by atoms with van der Waals surface area (Å²) in [7, 11) is 0. The third-order valence-electron chi connectivity index (χ3n) is 2.32. The molecule has 1 atom stereocenters. The van der Waals surface area contributed by atoms with Crippen molar-refractivity contribution in [3.63, 3.8) is 0 Å². The molecule has 1 unspecified atom stereocenters. The molecule has 0 fully saturated rings. The van der Waals surface area contributed by atoms with Crippen LogP contribution in [0.25, 0.3) is 0 Å². The molecule has 0 aliphatic carbocycles. The highest BCUT2D eigenvalue weighted by Crippen LogP contribution is 2.26. The summed E-state index contributed by atoms with van der Waals surface area (Å²) >= 11 is 1.33. The largest absolute Gasteiger partial charge is 0.481 e. The molecule has 17 heavy (non-hydrogen) atoms. The van der Waals surface area contributed by atoms with Gasteiger partial charge in [0.15, 0.2) is 5.16 Å². The quantitative estimate of drug-likeness (QED) is 0.756. The van der Waals surface area contributed by atoms with Gasteiger partial charge in [0, 0.05) is 11.3 Å². The number of carboxylic acid groups (broad SMARTS) is 1. The van der Waals surface area contributed by atoms with Gasteiger partial charge in [0.25, 0.3) is 0 Å². The minimum absolute atomic E-state index is 0.00563. The molecule has 1 aromatic rings. The van der Waals surface area contributed by atoms with Crippen LogP contribution in [0.2, 0.25) is 0 Å². The van der Waals surface area contributed by atoms with Gasteiger partial charge in [-0.2, -0.15) is 0 Å². The molecule has 1 aromatic heterocycles. The van der Waals surface area contributed by atoms with Gasteiger partial charge < -0.3 is 5.11 Å². The standard InChI is InChI=1S/C10H17N3O3S/c1-4-7(5-8(14)15)17-10-12-11-9(16)13(10)6(2)3/h6-7H,4-5H2,1-3H3,(H,11,16)(H,14,15). The molecule has 7 heteroatoms. The highest BCUT2D eigenvalue weighted by atomic mass is 32.2. The number of hydrogen-bond donors (Lipinski definition) is 2. The second-order valence-electron chi connectivity index (χ2n) is 4.02. The molecule has 2 N–H and O–H groups in total.